The third-order valence-corrected chi connectivity index (χ3v) is 5.53. The Balaban J connectivity index is 2.04. The molecule has 29 heavy (non-hydrogen) atoms. The van der Waals surface area contributed by atoms with E-state index in [0.717, 1.165) is 16.9 Å². The molecule has 158 valence electrons. The van der Waals surface area contributed by atoms with Gasteiger partial charge in [-0.1, -0.05) is 35.3 Å². The molecule has 1 unspecified atom stereocenters. The predicted octanol–water partition coefficient (Wildman–Crippen LogP) is 5.27. The zero-order valence-corrected chi connectivity index (χ0v) is 18.7. The lowest BCUT2D eigenvalue weighted by Crippen LogP contribution is -2.36. The molecule has 1 atom stereocenters. The Morgan fingerprint density at radius 3 is 2.52 bits per heavy atom. The third-order valence-electron chi connectivity index (χ3n) is 4.15. The molecule has 0 amide bonds. The molecule has 2 aromatic carbocycles. The van der Waals surface area contributed by atoms with E-state index < -0.39 is 12.0 Å². The summed E-state index contributed by atoms with van der Waals surface area (Å²) in [5, 5.41) is 13.4. The lowest BCUT2D eigenvalue weighted by molar-refractivity contribution is -0.139. The Kier molecular flexibility index (Phi) is 9.94. The maximum Gasteiger partial charge on any atom is 0.320 e. The Hall–Kier alpha value is -1.60. The minimum absolute atomic E-state index is 0.324. The zero-order chi connectivity index (χ0) is 21.2. The Bertz CT molecular complexity index is 819. The highest BCUT2D eigenvalue weighted by Crippen LogP contribution is 2.30. The van der Waals surface area contributed by atoms with Gasteiger partial charge in [0.2, 0.25) is 0 Å². The van der Waals surface area contributed by atoms with Crippen LogP contribution in [-0.2, 0) is 17.9 Å². The summed E-state index contributed by atoms with van der Waals surface area (Å²) < 4.78 is 11.6. The summed E-state index contributed by atoms with van der Waals surface area (Å²) >= 11 is 13.6. The fourth-order valence-electron chi connectivity index (χ4n) is 2.63. The number of nitrogens with one attached hydrogen (secondary N) is 1. The SMILES string of the molecule is CCOc1cc(CNC(CCSC)C(=O)O)ccc1OCc1ccc(Cl)c(Cl)c1. The minimum atomic E-state index is -0.842. The fourth-order valence-corrected chi connectivity index (χ4v) is 3.42. The van der Waals surface area contributed by atoms with E-state index in [0.29, 0.717) is 47.7 Å². The molecular weight excluding hydrogens is 433 g/mol. The van der Waals surface area contributed by atoms with Crippen LogP contribution >= 0.6 is 35.0 Å². The number of halogens is 2. The summed E-state index contributed by atoms with van der Waals surface area (Å²) in [6.07, 6.45) is 2.53. The van der Waals surface area contributed by atoms with Gasteiger partial charge in [-0.3, -0.25) is 4.79 Å². The topological polar surface area (TPSA) is 67.8 Å². The summed E-state index contributed by atoms with van der Waals surface area (Å²) in [5.74, 6) is 1.17. The molecule has 0 saturated heterocycles. The molecule has 0 bridgehead atoms. The molecule has 2 rings (SSSR count). The number of aliphatic carboxylic acids is 1. The first kappa shape index (κ1) is 23.7. The summed E-state index contributed by atoms with van der Waals surface area (Å²) in [6.45, 7) is 3.14. The van der Waals surface area contributed by atoms with Crippen molar-refractivity contribution >= 4 is 40.9 Å². The largest absolute Gasteiger partial charge is 0.490 e. The van der Waals surface area contributed by atoms with Crippen molar-refractivity contribution in [2.45, 2.75) is 32.5 Å². The van der Waals surface area contributed by atoms with Gasteiger partial charge in [0.1, 0.15) is 12.6 Å². The second-order valence-corrected chi connectivity index (χ2v) is 8.10. The molecular formula is C21H25Cl2NO4S. The van der Waals surface area contributed by atoms with E-state index in [1.807, 2.05) is 37.4 Å². The number of hydrogen-bond acceptors (Lipinski definition) is 5. The lowest BCUT2D eigenvalue weighted by atomic mass is 10.1. The molecule has 0 heterocycles. The van der Waals surface area contributed by atoms with Crippen molar-refractivity contribution in [2.75, 3.05) is 18.6 Å². The van der Waals surface area contributed by atoms with Crippen LogP contribution in [0.1, 0.15) is 24.5 Å². The molecule has 2 N–H and O–H groups in total. The van der Waals surface area contributed by atoms with Crippen molar-refractivity contribution in [1.29, 1.82) is 0 Å². The Morgan fingerprint density at radius 2 is 1.86 bits per heavy atom. The van der Waals surface area contributed by atoms with E-state index >= 15 is 0 Å². The van der Waals surface area contributed by atoms with Crippen LogP contribution in [0.15, 0.2) is 36.4 Å². The van der Waals surface area contributed by atoms with E-state index in [1.54, 1.807) is 23.9 Å². The van der Waals surface area contributed by atoms with Crippen molar-refractivity contribution in [3.05, 3.63) is 57.6 Å². The van der Waals surface area contributed by atoms with Crippen LogP contribution in [0.5, 0.6) is 11.5 Å². The third kappa shape index (κ3) is 7.63. The summed E-state index contributed by atoms with van der Waals surface area (Å²) in [5.41, 5.74) is 1.82. The maximum atomic E-state index is 11.4. The first-order valence-electron chi connectivity index (χ1n) is 9.22. The van der Waals surface area contributed by atoms with Gasteiger partial charge in [0.25, 0.3) is 0 Å². The second kappa shape index (κ2) is 12.2. The molecule has 0 aliphatic carbocycles. The number of ether oxygens (including phenoxy) is 2. The van der Waals surface area contributed by atoms with Crippen molar-refractivity contribution in [3.8, 4) is 11.5 Å². The quantitative estimate of drug-likeness (QED) is 0.452. The number of hydrogen-bond donors (Lipinski definition) is 2. The standard InChI is InChI=1S/C21H25Cl2NO4S/c1-3-27-20-11-14(12-24-18(21(25)26)8-9-29-2)5-7-19(20)28-13-15-4-6-16(22)17(23)10-15/h4-7,10-11,18,24H,3,8-9,12-13H2,1-2H3,(H,25,26). The number of thioether (sulfide) groups is 1. The average molecular weight is 458 g/mol. The normalized spacial score (nSPS) is 11.9. The average Bonchev–Trinajstić information content (AvgIpc) is 2.70. The monoisotopic (exact) mass is 457 g/mol. The summed E-state index contributed by atoms with van der Waals surface area (Å²) in [7, 11) is 0. The highest BCUT2D eigenvalue weighted by atomic mass is 35.5. The van der Waals surface area contributed by atoms with Crippen LogP contribution in [0, 0.1) is 0 Å². The molecule has 8 heteroatoms. The molecule has 0 radical (unpaired) electrons. The van der Waals surface area contributed by atoms with Gasteiger partial charge < -0.3 is 19.9 Å². The highest BCUT2D eigenvalue weighted by molar-refractivity contribution is 7.98. The maximum absolute atomic E-state index is 11.4. The van der Waals surface area contributed by atoms with Crippen molar-refractivity contribution in [1.82, 2.24) is 5.32 Å². The van der Waals surface area contributed by atoms with Gasteiger partial charge in [-0.25, -0.2) is 0 Å². The van der Waals surface area contributed by atoms with Crippen LogP contribution in [0.2, 0.25) is 10.0 Å². The number of rotatable bonds is 12. The molecule has 5 nitrogen and oxygen atoms in total. The first-order chi connectivity index (χ1) is 13.9. The molecule has 0 fully saturated rings. The van der Waals surface area contributed by atoms with Gasteiger partial charge in [-0.15, -0.1) is 0 Å². The van der Waals surface area contributed by atoms with Crippen LogP contribution in [0.25, 0.3) is 0 Å². The van der Waals surface area contributed by atoms with Crippen molar-refractivity contribution in [3.63, 3.8) is 0 Å². The van der Waals surface area contributed by atoms with Gasteiger partial charge >= 0.3 is 5.97 Å². The predicted molar refractivity (Wildman–Crippen MR) is 120 cm³/mol. The van der Waals surface area contributed by atoms with Gasteiger partial charge in [-0.2, -0.15) is 11.8 Å². The van der Waals surface area contributed by atoms with Gasteiger partial charge in [0.05, 0.1) is 16.7 Å². The number of carboxylic acid groups (broad SMARTS) is 1. The van der Waals surface area contributed by atoms with Gasteiger partial charge in [0.15, 0.2) is 11.5 Å². The van der Waals surface area contributed by atoms with Crippen LogP contribution in [-0.4, -0.2) is 35.7 Å². The van der Waals surface area contributed by atoms with Crippen LogP contribution in [0.4, 0.5) is 0 Å². The molecule has 0 aliphatic rings. The molecule has 0 aliphatic heterocycles. The summed E-state index contributed by atoms with van der Waals surface area (Å²) in [6, 6.07) is 10.4. The number of benzene rings is 2. The first-order valence-corrected chi connectivity index (χ1v) is 11.4. The van der Waals surface area contributed by atoms with E-state index in [4.69, 9.17) is 32.7 Å². The van der Waals surface area contributed by atoms with Crippen LogP contribution < -0.4 is 14.8 Å². The Labute approximate surface area is 185 Å². The molecule has 0 aromatic heterocycles. The highest BCUT2D eigenvalue weighted by Gasteiger charge is 2.16. The van der Waals surface area contributed by atoms with Crippen LogP contribution in [0.3, 0.4) is 0 Å². The number of carbonyl (C=O) groups is 1. The molecule has 0 spiro atoms. The zero-order valence-electron chi connectivity index (χ0n) is 16.4. The van der Waals surface area contributed by atoms with Crippen molar-refractivity contribution < 1.29 is 19.4 Å². The van der Waals surface area contributed by atoms with E-state index in [2.05, 4.69) is 5.32 Å². The van der Waals surface area contributed by atoms with E-state index in [-0.39, 0.29) is 0 Å². The van der Waals surface area contributed by atoms with E-state index in [1.165, 1.54) is 0 Å². The van der Waals surface area contributed by atoms with Gasteiger partial charge in [0, 0.05) is 6.54 Å². The molecule has 2 aromatic rings. The summed E-state index contributed by atoms with van der Waals surface area (Å²) in [4.78, 5) is 11.4. The van der Waals surface area contributed by atoms with E-state index in [9.17, 15) is 9.90 Å². The second-order valence-electron chi connectivity index (χ2n) is 6.30. The molecule has 0 saturated carbocycles. The Morgan fingerprint density at radius 1 is 1.10 bits per heavy atom. The number of carboxylic acids is 1. The smallest absolute Gasteiger partial charge is 0.320 e. The fraction of sp³-hybridized carbons (Fsp3) is 0.381. The lowest BCUT2D eigenvalue weighted by Gasteiger charge is -2.16. The minimum Gasteiger partial charge on any atom is -0.490 e. The van der Waals surface area contributed by atoms with Crippen molar-refractivity contribution in [2.24, 2.45) is 0 Å². The van der Waals surface area contributed by atoms with Gasteiger partial charge in [-0.05, 0) is 60.7 Å².